The molecule has 0 bridgehead atoms. The van der Waals surface area contributed by atoms with E-state index in [1.165, 1.54) is 0 Å². The lowest BCUT2D eigenvalue weighted by molar-refractivity contribution is -0.149. The molecular weight excluding hydrogens is 433 g/mol. The molecule has 3 rings (SSSR count). The second kappa shape index (κ2) is 10.6. The highest BCUT2D eigenvalue weighted by Crippen LogP contribution is 2.29. The number of anilines is 1. The molecule has 3 amide bonds. The molecule has 4 atom stereocenters. The Kier molecular flexibility index (Phi) is 8.19. The van der Waals surface area contributed by atoms with Gasteiger partial charge in [0.05, 0.1) is 54.5 Å². The molecule has 30 heavy (non-hydrogen) atoms. The van der Waals surface area contributed by atoms with E-state index in [1.54, 1.807) is 23.1 Å². The second-order valence-electron chi connectivity index (χ2n) is 7.50. The number of fused-ring (bicyclic) bond motifs is 1. The van der Waals surface area contributed by atoms with Gasteiger partial charge in [-0.05, 0) is 38.0 Å². The Morgan fingerprint density at radius 1 is 1.23 bits per heavy atom. The third-order valence-electron chi connectivity index (χ3n) is 5.20. The number of carbonyl (C=O) groups is 2. The van der Waals surface area contributed by atoms with Crippen molar-refractivity contribution >= 4 is 40.8 Å². The highest BCUT2D eigenvalue weighted by molar-refractivity contribution is 6.42. The van der Waals surface area contributed by atoms with E-state index in [-0.39, 0.29) is 56.4 Å². The molecule has 0 aromatic heterocycles. The number of rotatable bonds is 4. The summed E-state index contributed by atoms with van der Waals surface area (Å²) in [5.74, 6) is -0.0580. The van der Waals surface area contributed by atoms with Crippen molar-refractivity contribution in [2.75, 3.05) is 31.6 Å². The van der Waals surface area contributed by atoms with Gasteiger partial charge in [-0.1, -0.05) is 23.2 Å². The number of aliphatic hydroxyl groups is 1. The van der Waals surface area contributed by atoms with Crippen molar-refractivity contribution in [3.8, 4) is 0 Å². The van der Waals surface area contributed by atoms with Crippen LogP contribution in [0.2, 0.25) is 10.0 Å². The maximum absolute atomic E-state index is 13.0. The summed E-state index contributed by atoms with van der Waals surface area (Å²) in [6.45, 7) is 2.89. The highest BCUT2D eigenvalue weighted by Gasteiger charge is 2.40. The van der Waals surface area contributed by atoms with Crippen LogP contribution in [0.15, 0.2) is 18.2 Å². The summed E-state index contributed by atoms with van der Waals surface area (Å²) < 4.78 is 11.7. The minimum absolute atomic E-state index is 0.0580. The Morgan fingerprint density at radius 3 is 2.77 bits per heavy atom. The molecule has 2 heterocycles. The molecule has 0 unspecified atom stereocenters. The summed E-state index contributed by atoms with van der Waals surface area (Å²) in [4.78, 5) is 26.5. The number of hydrogen-bond acceptors (Lipinski definition) is 5. The maximum Gasteiger partial charge on any atom is 0.322 e. The Bertz CT molecular complexity index is 766. The van der Waals surface area contributed by atoms with Gasteiger partial charge in [-0.25, -0.2) is 4.79 Å². The van der Waals surface area contributed by atoms with E-state index in [0.717, 1.165) is 0 Å². The second-order valence-corrected chi connectivity index (χ2v) is 8.32. The first-order valence-electron chi connectivity index (χ1n) is 10.1. The first-order valence-corrected chi connectivity index (χ1v) is 10.8. The molecule has 0 saturated carbocycles. The number of benzene rings is 1. The van der Waals surface area contributed by atoms with Crippen molar-refractivity contribution in [1.82, 2.24) is 10.2 Å². The van der Waals surface area contributed by atoms with Crippen molar-refractivity contribution in [3.63, 3.8) is 0 Å². The number of hydrogen-bond donors (Lipinski definition) is 3. The zero-order valence-electron chi connectivity index (χ0n) is 16.8. The number of β-amino-alcohol motifs (C(OH)–C–C–N with tert-alkyl or cyclic N) is 1. The number of nitrogens with one attached hydrogen (secondary N) is 2. The van der Waals surface area contributed by atoms with Crippen molar-refractivity contribution in [3.05, 3.63) is 28.2 Å². The lowest BCUT2D eigenvalue weighted by atomic mass is 9.95. The molecule has 0 spiro atoms. The Balaban J connectivity index is 1.71. The molecule has 0 radical (unpaired) electrons. The van der Waals surface area contributed by atoms with Gasteiger partial charge in [0.1, 0.15) is 6.10 Å². The van der Waals surface area contributed by atoms with Gasteiger partial charge in [-0.15, -0.1) is 0 Å². The van der Waals surface area contributed by atoms with Crippen molar-refractivity contribution in [1.29, 1.82) is 0 Å². The summed E-state index contributed by atoms with van der Waals surface area (Å²) in [5.41, 5.74) is 0.504. The van der Waals surface area contributed by atoms with Crippen LogP contribution in [-0.2, 0) is 14.3 Å². The summed E-state index contributed by atoms with van der Waals surface area (Å²) in [5, 5.41) is 16.5. The summed E-state index contributed by atoms with van der Waals surface area (Å²) in [7, 11) is 0. The predicted octanol–water partition coefficient (Wildman–Crippen LogP) is 2.66. The van der Waals surface area contributed by atoms with Crippen molar-refractivity contribution < 1.29 is 24.2 Å². The van der Waals surface area contributed by atoms with Crippen LogP contribution in [0.3, 0.4) is 0 Å². The fraction of sp³-hybridized carbons (Fsp3) is 0.600. The molecule has 1 aromatic carbocycles. The quantitative estimate of drug-likeness (QED) is 0.642. The minimum Gasteiger partial charge on any atom is -0.389 e. The number of nitrogens with zero attached hydrogens (tertiary/aromatic N) is 1. The smallest absolute Gasteiger partial charge is 0.322 e. The van der Waals surface area contributed by atoms with Crippen LogP contribution in [0, 0.1) is 0 Å². The molecule has 2 aliphatic heterocycles. The van der Waals surface area contributed by atoms with Crippen LogP contribution >= 0.6 is 23.2 Å². The fourth-order valence-electron chi connectivity index (χ4n) is 3.82. The van der Waals surface area contributed by atoms with E-state index in [0.29, 0.717) is 35.1 Å². The number of halogens is 2. The van der Waals surface area contributed by atoms with Crippen LogP contribution in [0.4, 0.5) is 10.5 Å². The van der Waals surface area contributed by atoms with Crippen LogP contribution in [0.1, 0.15) is 26.2 Å². The van der Waals surface area contributed by atoms with Crippen LogP contribution in [0.5, 0.6) is 0 Å². The van der Waals surface area contributed by atoms with E-state index in [2.05, 4.69) is 10.6 Å². The van der Waals surface area contributed by atoms with E-state index >= 15 is 0 Å². The zero-order chi connectivity index (χ0) is 21.7. The van der Waals surface area contributed by atoms with Crippen molar-refractivity contribution in [2.24, 2.45) is 0 Å². The zero-order valence-corrected chi connectivity index (χ0v) is 18.3. The first-order chi connectivity index (χ1) is 14.4. The Labute approximate surface area is 185 Å². The van der Waals surface area contributed by atoms with Crippen LogP contribution < -0.4 is 10.6 Å². The monoisotopic (exact) mass is 459 g/mol. The van der Waals surface area contributed by atoms with Gasteiger partial charge in [0.25, 0.3) is 0 Å². The summed E-state index contributed by atoms with van der Waals surface area (Å²) in [6, 6.07) is 4.19. The van der Waals surface area contributed by atoms with Gasteiger partial charge in [0.2, 0.25) is 5.91 Å². The van der Waals surface area contributed by atoms with Crippen LogP contribution in [-0.4, -0.2) is 72.6 Å². The molecule has 2 fully saturated rings. The van der Waals surface area contributed by atoms with E-state index in [4.69, 9.17) is 32.7 Å². The van der Waals surface area contributed by atoms with Gasteiger partial charge in [-0.2, -0.15) is 0 Å². The molecule has 0 aliphatic carbocycles. The molecule has 166 valence electrons. The molecule has 10 heteroatoms. The van der Waals surface area contributed by atoms with Gasteiger partial charge in [-0.3, -0.25) is 4.79 Å². The molecule has 2 saturated heterocycles. The topological polar surface area (TPSA) is 100 Å². The lowest BCUT2D eigenvalue weighted by Gasteiger charge is -2.44. The number of ether oxygens (including phenoxy) is 2. The highest BCUT2D eigenvalue weighted by atomic mass is 35.5. The number of carbonyl (C=O) groups excluding carboxylic acids is 2. The number of amides is 3. The summed E-state index contributed by atoms with van der Waals surface area (Å²) in [6.07, 6.45) is 0.120. The Morgan fingerprint density at radius 2 is 2.03 bits per heavy atom. The fourth-order valence-corrected chi connectivity index (χ4v) is 4.12. The average Bonchev–Trinajstić information content (AvgIpc) is 2.68. The lowest BCUT2D eigenvalue weighted by Crippen LogP contribution is -2.58. The summed E-state index contributed by atoms with van der Waals surface area (Å²) >= 11 is 12.0. The molecule has 2 aliphatic rings. The number of urea groups is 1. The third kappa shape index (κ3) is 5.98. The van der Waals surface area contributed by atoms with Gasteiger partial charge in [0.15, 0.2) is 0 Å². The molecular formula is C20H27Cl2N3O5. The van der Waals surface area contributed by atoms with E-state index < -0.39 is 6.10 Å². The largest absolute Gasteiger partial charge is 0.389 e. The standard InChI is InChI=1S/C20H27Cl2N3O5/c1-2-23-19(27)8-14-4-6-17-18(30-14)11-29-10-13(26)9-25(17)20(28)24-12-3-5-15(21)16(22)7-12/h3,5,7,13-14,17-18,26H,2,4,6,8-11H2,1H3,(H,23,27)(H,24,28)/t13-,14-,17-,18+/m1/s1. The third-order valence-corrected chi connectivity index (χ3v) is 5.94. The first kappa shape index (κ1) is 23.1. The Hall–Kier alpha value is -1.58. The van der Waals surface area contributed by atoms with E-state index in [1.807, 2.05) is 6.92 Å². The van der Waals surface area contributed by atoms with Crippen LogP contribution in [0.25, 0.3) is 0 Å². The van der Waals surface area contributed by atoms with Gasteiger partial charge >= 0.3 is 6.03 Å². The average molecular weight is 460 g/mol. The van der Waals surface area contributed by atoms with Crippen molar-refractivity contribution in [2.45, 2.75) is 50.5 Å². The predicted molar refractivity (Wildman–Crippen MR) is 114 cm³/mol. The normalized spacial score (nSPS) is 26.9. The molecule has 1 aromatic rings. The number of aliphatic hydroxyl groups excluding tert-OH is 1. The van der Waals surface area contributed by atoms with Gasteiger partial charge < -0.3 is 30.1 Å². The molecule has 3 N–H and O–H groups in total. The minimum atomic E-state index is -0.807. The maximum atomic E-state index is 13.0. The SMILES string of the molecule is CCNC(=O)C[C@H]1CC[C@@H]2[C@H](COC[C@H](O)CN2C(=O)Nc2ccc(Cl)c(Cl)c2)O1. The van der Waals surface area contributed by atoms with E-state index in [9.17, 15) is 14.7 Å². The van der Waals surface area contributed by atoms with Gasteiger partial charge in [0, 0.05) is 12.2 Å². The molecule has 8 nitrogen and oxygen atoms in total.